The number of hydrogen-bond donors (Lipinski definition) is 2. The molecule has 184 valence electrons. The predicted octanol–water partition coefficient (Wildman–Crippen LogP) is 4.40. The molecule has 3 aromatic carbocycles. The fraction of sp³-hybridized carbons (Fsp3) is 0.241. The van der Waals surface area contributed by atoms with Crippen LogP contribution in [0, 0.1) is 6.92 Å². The molecule has 0 atom stereocenters. The summed E-state index contributed by atoms with van der Waals surface area (Å²) in [7, 11) is 0. The van der Waals surface area contributed by atoms with Gasteiger partial charge in [-0.3, -0.25) is 9.69 Å². The van der Waals surface area contributed by atoms with Crippen LogP contribution >= 0.6 is 0 Å². The second-order valence-electron chi connectivity index (χ2n) is 9.34. The monoisotopic (exact) mass is 480 g/mol. The number of nitrogens with two attached hydrogens (primary N) is 1. The van der Waals surface area contributed by atoms with Gasteiger partial charge in [-0.15, -0.1) is 0 Å². The van der Waals surface area contributed by atoms with E-state index in [0.717, 1.165) is 44.0 Å². The zero-order valence-electron chi connectivity index (χ0n) is 20.6. The van der Waals surface area contributed by atoms with Crippen molar-refractivity contribution in [1.29, 1.82) is 0 Å². The lowest BCUT2D eigenvalue weighted by Gasteiger charge is -2.36. The van der Waals surface area contributed by atoms with Gasteiger partial charge in [0.1, 0.15) is 11.5 Å². The molecule has 1 amide bonds. The largest absolute Gasteiger partial charge is 0.382 e. The molecular formula is C29H32N6O. The van der Waals surface area contributed by atoms with E-state index in [1.807, 2.05) is 24.3 Å². The summed E-state index contributed by atoms with van der Waals surface area (Å²) in [4.78, 5) is 17.7. The number of carbonyl (C=O) groups is 1. The summed E-state index contributed by atoms with van der Waals surface area (Å²) in [6, 6.07) is 26.6. The molecule has 2 heterocycles. The predicted molar refractivity (Wildman–Crippen MR) is 145 cm³/mol. The Morgan fingerprint density at radius 2 is 1.53 bits per heavy atom. The molecule has 7 heteroatoms. The number of nitrogen functional groups attached to an aromatic ring is 1. The van der Waals surface area contributed by atoms with Crippen LogP contribution in [0.5, 0.6) is 0 Å². The van der Waals surface area contributed by atoms with Crippen LogP contribution < -0.4 is 16.0 Å². The summed E-state index contributed by atoms with van der Waals surface area (Å²) in [6.45, 7) is 7.56. The Hall–Kier alpha value is -4.10. The van der Waals surface area contributed by atoms with Crippen molar-refractivity contribution in [2.75, 3.05) is 42.1 Å². The molecule has 0 unspecified atom stereocenters. The SMILES string of the molecule is Cc1ccc(Cn2ncc(NC(=O)c3ccc(N4CCN(Cc5ccccc5)CC4)cc3)c2N)cc1. The van der Waals surface area contributed by atoms with Crippen LogP contribution in [0.3, 0.4) is 0 Å². The maximum absolute atomic E-state index is 12.9. The van der Waals surface area contributed by atoms with Gasteiger partial charge in [-0.2, -0.15) is 5.10 Å². The average molecular weight is 481 g/mol. The van der Waals surface area contributed by atoms with E-state index < -0.39 is 0 Å². The van der Waals surface area contributed by atoms with Gasteiger partial charge in [0.05, 0.1) is 12.7 Å². The van der Waals surface area contributed by atoms with Gasteiger partial charge >= 0.3 is 0 Å². The minimum atomic E-state index is -0.198. The molecule has 1 aliphatic rings. The first kappa shape index (κ1) is 23.6. The van der Waals surface area contributed by atoms with Crippen LogP contribution in [0.1, 0.15) is 27.0 Å². The molecule has 1 aromatic heterocycles. The molecule has 0 saturated carbocycles. The van der Waals surface area contributed by atoms with Crippen LogP contribution in [0.4, 0.5) is 17.2 Å². The maximum atomic E-state index is 12.9. The molecule has 0 radical (unpaired) electrons. The number of aryl methyl sites for hydroxylation is 1. The third kappa shape index (κ3) is 5.58. The number of aromatic nitrogens is 2. The highest BCUT2D eigenvalue weighted by molar-refractivity contribution is 6.05. The lowest BCUT2D eigenvalue weighted by Crippen LogP contribution is -2.45. The second kappa shape index (κ2) is 10.7. The number of nitrogens with one attached hydrogen (secondary N) is 1. The van der Waals surface area contributed by atoms with E-state index in [1.54, 1.807) is 10.9 Å². The summed E-state index contributed by atoms with van der Waals surface area (Å²) >= 11 is 0. The number of nitrogens with zero attached hydrogens (tertiary/aromatic N) is 4. The smallest absolute Gasteiger partial charge is 0.255 e. The number of hydrogen-bond acceptors (Lipinski definition) is 5. The van der Waals surface area contributed by atoms with Crippen LogP contribution in [0.25, 0.3) is 0 Å². The van der Waals surface area contributed by atoms with Crippen molar-refractivity contribution in [1.82, 2.24) is 14.7 Å². The highest BCUT2D eigenvalue weighted by atomic mass is 16.1. The van der Waals surface area contributed by atoms with Crippen molar-refractivity contribution in [3.63, 3.8) is 0 Å². The second-order valence-corrected chi connectivity index (χ2v) is 9.34. The number of amides is 1. The number of benzene rings is 3. The fourth-order valence-corrected chi connectivity index (χ4v) is 4.51. The number of carbonyl (C=O) groups excluding carboxylic acids is 1. The molecule has 7 nitrogen and oxygen atoms in total. The molecule has 36 heavy (non-hydrogen) atoms. The molecule has 0 aliphatic carbocycles. The van der Waals surface area contributed by atoms with Gasteiger partial charge in [-0.25, -0.2) is 4.68 Å². The standard InChI is InChI=1S/C29H32N6O/c1-22-7-9-24(10-8-22)21-35-28(30)27(19-31-35)32-29(36)25-11-13-26(14-12-25)34-17-15-33(16-18-34)20-23-5-3-2-4-6-23/h2-14,19H,15-18,20-21,30H2,1H3,(H,32,36). The van der Waals surface area contributed by atoms with Crippen LogP contribution in [-0.4, -0.2) is 46.8 Å². The molecule has 0 bridgehead atoms. The van der Waals surface area contributed by atoms with Crippen molar-refractivity contribution in [3.05, 3.63) is 107 Å². The van der Waals surface area contributed by atoms with Crippen molar-refractivity contribution in [2.24, 2.45) is 0 Å². The van der Waals surface area contributed by atoms with Crippen LogP contribution in [-0.2, 0) is 13.1 Å². The van der Waals surface area contributed by atoms with Gasteiger partial charge in [0.25, 0.3) is 5.91 Å². The van der Waals surface area contributed by atoms with Crippen LogP contribution in [0.2, 0.25) is 0 Å². The Bertz CT molecular complexity index is 1290. The zero-order valence-corrected chi connectivity index (χ0v) is 20.6. The number of piperazine rings is 1. The van der Waals surface area contributed by atoms with Crippen molar-refractivity contribution in [2.45, 2.75) is 20.0 Å². The van der Waals surface area contributed by atoms with Gasteiger partial charge in [0.2, 0.25) is 0 Å². The Morgan fingerprint density at radius 3 is 2.22 bits per heavy atom. The first-order valence-corrected chi connectivity index (χ1v) is 12.3. The maximum Gasteiger partial charge on any atom is 0.255 e. The Labute approximate surface area is 212 Å². The van der Waals surface area contributed by atoms with E-state index >= 15 is 0 Å². The Kier molecular flexibility index (Phi) is 7.00. The first-order chi connectivity index (χ1) is 17.5. The third-order valence-corrected chi connectivity index (χ3v) is 6.70. The molecule has 4 aromatic rings. The lowest BCUT2D eigenvalue weighted by atomic mass is 10.1. The first-order valence-electron chi connectivity index (χ1n) is 12.3. The molecule has 1 fully saturated rings. The zero-order chi connectivity index (χ0) is 24.9. The van der Waals surface area contributed by atoms with Gasteiger partial charge in [0.15, 0.2) is 0 Å². The molecule has 0 spiro atoms. The number of rotatable bonds is 7. The number of anilines is 3. The third-order valence-electron chi connectivity index (χ3n) is 6.70. The minimum absolute atomic E-state index is 0.198. The highest BCUT2D eigenvalue weighted by Crippen LogP contribution is 2.22. The average Bonchev–Trinajstić information content (AvgIpc) is 3.25. The topological polar surface area (TPSA) is 79.4 Å². The summed E-state index contributed by atoms with van der Waals surface area (Å²) < 4.78 is 1.70. The minimum Gasteiger partial charge on any atom is -0.382 e. The van der Waals surface area contributed by atoms with Gasteiger partial charge in [0, 0.05) is 44.0 Å². The molecule has 1 saturated heterocycles. The van der Waals surface area contributed by atoms with Gasteiger partial charge < -0.3 is 16.0 Å². The quantitative estimate of drug-likeness (QED) is 0.410. The van der Waals surface area contributed by atoms with Crippen molar-refractivity contribution >= 4 is 23.1 Å². The highest BCUT2D eigenvalue weighted by Gasteiger charge is 2.18. The van der Waals surface area contributed by atoms with Crippen molar-refractivity contribution < 1.29 is 4.79 Å². The molecule has 5 rings (SSSR count). The Morgan fingerprint density at radius 1 is 0.861 bits per heavy atom. The molecule has 3 N–H and O–H groups in total. The molecular weight excluding hydrogens is 448 g/mol. The molecule has 1 aliphatic heterocycles. The van der Waals surface area contributed by atoms with E-state index in [4.69, 9.17) is 5.73 Å². The fourth-order valence-electron chi connectivity index (χ4n) is 4.51. The van der Waals surface area contributed by atoms with E-state index in [1.165, 1.54) is 11.1 Å². The summed E-state index contributed by atoms with van der Waals surface area (Å²) in [6.07, 6.45) is 1.60. The van der Waals surface area contributed by atoms with Crippen LogP contribution in [0.15, 0.2) is 85.1 Å². The van der Waals surface area contributed by atoms with E-state index in [0.29, 0.717) is 23.6 Å². The Balaban J connectivity index is 1.15. The van der Waals surface area contributed by atoms with E-state index in [-0.39, 0.29) is 5.91 Å². The van der Waals surface area contributed by atoms with E-state index in [9.17, 15) is 4.79 Å². The van der Waals surface area contributed by atoms with Crippen molar-refractivity contribution in [3.8, 4) is 0 Å². The summed E-state index contributed by atoms with van der Waals surface area (Å²) in [5.74, 6) is 0.240. The normalized spacial score (nSPS) is 14.1. The lowest BCUT2D eigenvalue weighted by molar-refractivity contribution is 0.102. The van der Waals surface area contributed by atoms with Gasteiger partial charge in [-0.1, -0.05) is 60.2 Å². The van der Waals surface area contributed by atoms with E-state index in [2.05, 4.69) is 81.7 Å². The van der Waals surface area contributed by atoms with Gasteiger partial charge in [-0.05, 0) is 42.3 Å². The summed E-state index contributed by atoms with van der Waals surface area (Å²) in [5, 5.41) is 7.26. The summed E-state index contributed by atoms with van der Waals surface area (Å²) in [5.41, 5.74) is 12.2.